The van der Waals surface area contributed by atoms with Crippen molar-refractivity contribution in [2.24, 2.45) is 0 Å². The number of carbonyl (C=O) groups is 2. The quantitative estimate of drug-likeness (QED) is 0.466. The molecule has 1 amide bonds. The summed E-state index contributed by atoms with van der Waals surface area (Å²) in [4.78, 5) is 32.7. The van der Waals surface area contributed by atoms with Gasteiger partial charge in [0.2, 0.25) is 5.91 Å². The number of likely N-dealkylation sites (tertiary alicyclic amines) is 1. The van der Waals surface area contributed by atoms with E-state index in [0.29, 0.717) is 44.5 Å². The van der Waals surface area contributed by atoms with Gasteiger partial charge in [0.1, 0.15) is 17.5 Å². The molecule has 2 heterocycles. The van der Waals surface area contributed by atoms with Gasteiger partial charge in [0.25, 0.3) is 0 Å². The van der Waals surface area contributed by atoms with Crippen LogP contribution in [0, 0.1) is 5.82 Å². The molecule has 1 unspecified atom stereocenters. The molecule has 5 rings (SSSR count). The first-order valence-corrected chi connectivity index (χ1v) is 13.1. The van der Waals surface area contributed by atoms with Crippen LogP contribution in [0.15, 0.2) is 78.4 Å². The molecule has 194 valence electrons. The molecule has 3 aliphatic rings. The number of amides is 1. The molecule has 5 nitrogen and oxygen atoms in total. The summed E-state index contributed by atoms with van der Waals surface area (Å²) in [5.74, 6) is -0.205. The van der Waals surface area contributed by atoms with E-state index in [0.717, 1.165) is 37.3 Å². The highest BCUT2D eigenvalue weighted by Gasteiger charge is 2.53. The number of allylic oxidation sites excluding steroid dienone is 3. The predicted molar refractivity (Wildman–Crippen MR) is 141 cm³/mol. The van der Waals surface area contributed by atoms with E-state index in [9.17, 15) is 18.4 Å². The number of anilines is 1. The second kappa shape index (κ2) is 11.0. The summed E-state index contributed by atoms with van der Waals surface area (Å²) >= 11 is 0. The third-order valence-electron chi connectivity index (χ3n) is 7.81. The Bertz CT molecular complexity index is 1170. The number of Topliss-reactive ketones (excluding diaryl/α,β-unsaturated/α-hetero) is 1. The largest absolute Gasteiger partial charge is 0.339 e. The minimum Gasteiger partial charge on any atom is -0.339 e. The zero-order valence-corrected chi connectivity index (χ0v) is 21.0. The number of hydrogen-bond donors (Lipinski definition) is 0. The maximum absolute atomic E-state index is 13.9. The van der Waals surface area contributed by atoms with E-state index in [2.05, 4.69) is 9.80 Å². The summed E-state index contributed by atoms with van der Waals surface area (Å²) < 4.78 is 27.0. The van der Waals surface area contributed by atoms with Crippen molar-refractivity contribution in [1.29, 1.82) is 0 Å². The third-order valence-corrected chi connectivity index (χ3v) is 7.81. The molecule has 1 aliphatic carbocycles. The first kappa shape index (κ1) is 25.3. The first-order valence-electron chi connectivity index (χ1n) is 13.1. The number of nitrogens with zero attached hydrogens (tertiary/aromatic N) is 3. The van der Waals surface area contributed by atoms with Gasteiger partial charge >= 0.3 is 0 Å². The van der Waals surface area contributed by atoms with Crippen molar-refractivity contribution in [3.8, 4) is 0 Å². The van der Waals surface area contributed by atoms with Gasteiger partial charge in [-0.25, -0.2) is 8.78 Å². The number of carbonyl (C=O) groups excluding carboxylic acids is 2. The minimum atomic E-state index is -0.991. The molecule has 2 aromatic carbocycles. The highest BCUT2D eigenvalue weighted by Crippen LogP contribution is 2.40. The molecule has 2 aromatic rings. The normalized spacial score (nSPS) is 21.5. The van der Waals surface area contributed by atoms with Crippen molar-refractivity contribution < 1.29 is 18.4 Å². The molecule has 1 spiro atoms. The fourth-order valence-corrected chi connectivity index (χ4v) is 5.77. The number of ketones is 1. The van der Waals surface area contributed by atoms with E-state index < -0.39 is 11.7 Å². The van der Waals surface area contributed by atoms with Crippen molar-refractivity contribution in [2.75, 3.05) is 37.7 Å². The smallest absolute Gasteiger partial charge is 0.250 e. The Morgan fingerprint density at radius 2 is 1.76 bits per heavy atom. The maximum atomic E-state index is 13.9. The van der Waals surface area contributed by atoms with Crippen molar-refractivity contribution >= 4 is 17.4 Å². The number of rotatable bonds is 8. The van der Waals surface area contributed by atoms with Crippen molar-refractivity contribution in [3.05, 3.63) is 89.8 Å². The Balaban J connectivity index is 1.22. The zero-order chi connectivity index (χ0) is 25.8. The van der Waals surface area contributed by atoms with Gasteiger partial charge in [-0.1, -0.05) is 36.4 Å². The van der Waals surface area contributed by atoms with Crippen LogP contribution in [0.25, 0.3) is 0 Å². The summed E-state index contributed by atoms with van der Waals surface area (Å²) in [6.07, 6.45) is 7.11. The molecule has 0 saturated carbocycles. The number of hydrogen-bond acceptors (Lipinski definition) is 4. The second-order valence-corrected chi connectivity index (χ2v) is 10.2. The van der Waals surface area contributed by atoms with Crippen LogP contribution in [-0.2, 0) is 4.79 Å². The monoisotopic (exact) mass is 505 g/mol. The van der Waals surface area contributed by atoms with Crippen LogP contribution in [0.1, 0.15) is 42.5 Å². The average Bonchev–Trinajstić information content (AvgIpc) is 3.17. The fourth-order valence-electron chi connectivity index (χ4n) is 5.77. The van der Waals surface area contributed by atoms with Crippen LogP contribution < -0.4 is 4.90 Å². The fraction of sp³-hybridized carbons (Fsp3) is 0.400. The molecular weight excluding hydrogens is 472 g/mol. The minimum absolute atomic E-state index is 0.0210. The topological polar surface area (TPSA) is 43.9 Å². The molecule has 2 aliphatic heterocycles. The van der Waals surface area contributed by atoms with Gasteiger partial charge in [-0.15, -0.1) is 0 Å². The van der Waals surface area contributed by atoms with E-state index >= 15 is 0 Å². The van der Waals surface area contributed by atoms with E-state index in [1.165, 1.54) is 24.3 Å². The number of alkyl halides is 1. The summed E-state index contributed by atoms with van der Waals surface area (Å²) in [6, 6.07) is 15.7. The Morgan fingerprint density at radius 1 is 1.03 bits per heavy atom. The Labute approximate surface area is 217 Å². The standard InChI is InChI=1S/C30H33F2N3O2/c31-25-13-11-24(12-14-25)28(36)10-5-17-33-18-15-30(16-19-33)29(37)34(21-23-6-4-7-26(32)20-23)22-35(30)27-8-2-1-3-9-27/h1-4,6-9,11-14,26H,5,10,15-22H2. The van der Waals surface area contributed by atoms with E-state index in [-0.39, 0.29) is 17.5 Å². The van der Waals surface area contributed by atoms with Gasteiger partial charge in [-0.3, -0.25) is 9.59 Å². The Kier molecular flexibility index (Phi) is 7.51. The Hall–Kier alpha value is -3.32. The van der Waals surface area contributed by atoms with Crippen molar-refractivity contribution in [3.63, 3.8) is 0 Å². The lowest BCUT2D eigenvalue weighted by molar-refractivity contribution is -0.133. The van der Waals surface area contributed by atoms with Crippen molar-refractivity contribution in [2.45, 2.75) is 43.8 Å². The van der Waals surface area contributed by atoms with E-state index in [1.807, 2.05) is 41.3 Å². The van der Waals surface area contributed by atoms with Gasteiger partial charge in [-0.05, 0) is 67.8 Å². The molecule has 37 heavy (non-hydrogen) atoms. The first-order chi connectivity index (χ1) is 17.9. The summed E-state index contributed by atoms with van der Waals surface area (Å²) in [5, 5.41) is 0. The lowest BCUT2D eigenvalue weighted by Gasteiger charge is -2.43. The molecule has 0 N–H and O–H groups in total. The molecule has 7 heteroatoms. The van der Waals surface area contributed by atoms with Gasteiger partial charge in [0.15, 0.2) is 5.78 Å². The SMILES string of the molecule is O=C(CCCN1CCC2(CC1)C(=O)N(CC1=CC=CC(F)C1)CN2c1ccccc1)c1ccc(F)cc1. The van der Waals surface area contributed by atoms with Crippen LogP contribution in [0.4, 0.5) is 14.5 Å². The van der Waals surface area contributed by atoms with Crippen LogP contribution in [0.2, 0.25) is 0 Å². The highest BCUT2D eigenvalue weighted by atomic mass is 19.1. The maximum Gasteiger partial charge on any atom is 0.250 e. The molecular formula is C30H33F2N3O2. The van der Waals surface area contributed by atoms with Gasteiger partial charge in [0.05, 0.1) is 6.67 Å². The zero-order valence-electron chi connectivity index (χ0n) is 21.0. The molecule has 0 aromatic heterocycles. The van der Waals surface area contributed by atoms with E-state index in [4.69, 9.17) is 0 Å². The van der Waals surface area contributed by atoms with Gasteiger partial charge < -0.3 is 14.7 Å². The summed E-state index contributed by atoms with van der Waals surface area (Å²) in [6.45, 7) is 3.26. The number of piperidine rings is 1. The molecule has 2 fully saturated rings. The molecule has 1 atom stereocenters. The highest BCUT2D eigenvalue weighted by molar-refractivity contribution is 5.96. The van der Waals surface area contributed by atoms with E-state index in [1.54, 1.807) is 12.2 Å². The van der Waals surface area contributed by atoms with Crippen molar-refractivity contribution in [1.82, 2.24) is 9.80 Å². The van der Waals surface area contributed by atoms with Gasteiger partial charge in [0, 0.05) is 43.7 Å². The Morgan fingerprint density at radius 3 is 2.46 bits per heavy atom. The average molecular weight is 506 g/mol. The van der Waals surface area contributed by atoms with Gasteiger partial charge in [-0.2, -0.15) is 0 Å². The third kappa shape index (κ3) is 5.52. The molecule has 0 bridgehead atoms. The summed E-state index contributed by atoms with van der Waals surface area (Å²) in [5.41, 5.74) is 1.90. The lowest BCUT2D eigenvalue weighted by Crippen LogP contribution is -2.56. The number of benzene rings is 2. The lowest BCUT2D eigenvalue weighted by atomic mass is 9.85. The van der Waals surface area contributed by atoms with Crippen LogP contribution in [-0.4, -0.2) is 66.0 Å². The van der Waals surface area contributed by atoms with Crippen LogP contribution >= 0.6 is 0 Å². The van der Waals surface area contributed by atoms with Crippen LogP contribution in [0.3, 0.4) is 0 Å². The second-order valence-electron chi connectivity index (χ2n) is 10.2. The van der Waals surface area contributed by atoms with Crippen LogP contribution in [0.5, 0.6) is 0 Å². The summed E-state index contributed by atoms with van der Waals surface area (Å²) in [7, 11) is 0. The number of halogens is 2. The molecule has 0 radical (unpaired) electrons. The molecule has 2 saturated heterocycles. The number of para-hydroxylation sites is 1. The predicted octanol–water partition coefficient (Wildman–Crippen LogP) is 5.15.